The maximum Gasteiger partial charge on any atom is 0.101 e. The molecular weight excluding hydrogens is 200 g/mol. The average Bonchev–Trinajstić information content (AvgIpc) is 2.32. The third-order valence-corrected chi connectivity index (χ3v) is 2.93. The maximum absolute atomic E-state index is 8.79. The minimum Gasteiger partial charge on any atom is -0.304 e. The summed E-state index contributed by atoms with van der Waals surface area (Å²) in [5.41, 5.74) is 1.77. The molecule has 4 nitrogen and oxygen atoms in total. The lowest BCUT2D eigenvalue weighted by Gasteiger charge is -2.32. The minimum absolute atomic E-state index is 0.645. The number of aromatic nitrogens is 1. The molecule has 1 aliphatic rings. The summed E-state index contributed by atoms with van der Waals surface area (Å²) in [6, 6.07) is 4.04. The lowest BCUT2D eigenvalue weighted by atomic mass is 10.2. The fraction of sp³-hybridized carbons (Fsp3) is 0.500. The zero-order valence-electron chi connectivity index (χ0n) is 9.56. The molecule has 0 spiro atoms. The molecule has 2 heterocycles. The van der Waals surface area contributed by atoms with Crippen LogP contribution in [0.1, 0.15) is 11.1 Å². The van der Waals surface area contributed by atoms with E-state index in [4.69, 9.17) is 5.26 Å². The first-order valence-electron chi connectivity index (χ1n) is 5.53. The summed E-state index contributed by atoms with van der Waals surface area (Å²) in [5, 5.41) is 8.79. The highest BCUT2D eigenvalue weighted by Gasteiger charge is 2.13. The zero-order chi connectivity index (χ0) is 11.4. The first kappa shape index (κ1) is 11.1. The predicted octanol–water partition coefficient (Wildman–Crippen LogP) is 0.701. The molecule has 84 valence electrons. The number of pyridine rings is 1. The fourth-order valence-electron chi connectivity index (χ4n) is 1.90. The second kappa shape index (κ2) is 5.06. The van der Waals surface area contributed by atoms with Crippen molar-refractivity contribution in [3.63, 3.8) is 0 Å². The average molecular weight is 216 g/mol. The van der Waals surface area contributed by atoms with Crippen LogP contribution in [0.2, 0.25) is 0 Å². The molecule has 0 N–H and O–H groups in total. The van der Waals surface area contributed by atoms with Crippen LogP contribution in [0.4, 0.5) is 0 Å². The fourth-order valence-corrected chi connectivity index (χ4v) is 1.90. The van der Waals surface area contributed by atoms with Crippen LogP contribution < -0.4 is 0 Å². The Bertz CT molecular complexity index is 388. The minimum atomic E-state index is 0.645. The quantitative estimate of drug-likeness (QED) is 0.730. The monoisotopic (exact) mass is 216 g/mol. The third kappa shape index (κ3) is 2.78. The molecule has 0 atom stereocenters. The van der Waals surface area contributed by atoms with Gasteiger partial charge < -0.3 is 4.90 Å². The molecule has 0 radical (unpaired) electrons. The van der Waals surface area contributed by atoms with E-state index >= 15 is 0 Å². The molecule has 16 heavy (non-hydrogen) atoms. The van der Waals surface area contributed by atoms with E-state index in [9.17, 15) is 0 Å². The van der Waals surface area contributed by atoms with Crippen molar-refractivity contribution in [2.45, 2.75) is 6.54 Å². The molecule has 1 aromatic heterocycles. The molecule has 2 rings (SSSR count). The predicted molar refractivity (Wildman–Crippen MR) is 61.7 cm³/mol. The van der Waals surface area contributed by atoms with Crippen LogP contribution in [0.5, 0.6) is 0 Å². The second-order valence-corrected chi connectivity index (χ2v) is 4.27. The van der Waals surface area contributed by atoms with Gasteiger partial charge in [0.2, 0.25) is 0 Å². The van der Waals surface area contributed by atoms with Crippen LogP contribution in [0.25, 0.3) is 0 Å². The molecule has 0 unspecified atom stereocenters. The molecule has 0 aliphatic carbocycles. The van der Waals surface area contributed by atoms with Crippen LogP contribution in [-0.2, 0) is 6.54 Å². The molecule has 1 aliphatic heterocycles. The van der Waals surface area contributed by atoms with Crippen molar-refractivity contribution in [2.75, 3.05) is 33.2 Å². The lowest BCUT2D eigenvalue weighted by Crippen LogP contribution is -2.43. The van der Waals surface area contributed by atoms with E-state index < -0.39 is 0 Å². The summed E-state index contributed by atoms with van der Waals surface area (Å²) in [6.07, 6.45) is 3.45. The first-order chi connectivity index (χ1) is 7.78. The van der Waals surface area contributed by atoms with Crippen LogP contribution in [0.3, 0.4) is 0 Å². The van der Waals surface area contributed by atoms with Gasteiger partial charge in [-0.1, -0.05) is 0 Å². The Morgan fingerprint density at radius 2 is 2.06 bits per heavy atom. The zero-order valence-corrected chi connectivity index (χ0v) is 9.56. The molecule has 0 amide bonds. The number of likely N-dealkylation sites (N-methyl/N-ethyl adjacent to an activating group) is 1. The maximum atomic E-state index is 8.79. The number of nitrogens with zero attached hydrogens (tertiary/aromatic N) is 4. The van der Waals surface area contributed by atoms with Crippen molar-refractivity contribution in [1.82, 2.24) is 14.8 Å². The van der Waals surface area contributed by atoms with E-state index in [1.807, 2.05) is 12.3 Å². The Hall–Kier alpha value is -1.44. The number of hydrogen-bond donors (Lipinski definition) is 0. The standard InChI is InChI=1S/C12H16N4/c1-15-2-4-16(5-3-15)10-12-6-11(7-13)8-14-9-12/h6,8-9H,2-5,10H2,1H3. The van der Waals surface area contributed by atoms with Crippen molar-refractivity contribution in [1.29, 1.82) is 5.26 Å². The van der Waals surface area contributed by atoms with Gasteiger partial charge in [0.15, 0.2) is 0 Å². The van der Waals surface area contributed by atoms with Crippen molar-refractivity contribution in [2.24, 2.45) is 0 Å². The smallest absolute Gasteiger partial charge is 0.101 e. The molecule has 4 heteroatoms. The highest BCUT2D eigenvalue weighted by Crippen LogP contribution is 2.08. The largest absolute Gasteiger partial charge is 0.304 e. The van der Waals surface area contributed by atoms with Gasteiger partial charge in [0, 0.05) is 45.1 Å². The van der Waals surface area contributed by atoms with E-state index in [0.29, 0.717) is 5.56 Å². The summed E-state index contributed by atoms with van der Waals surface area (Å²) in [7, 11) is 2.15. The number of nitriles is 1. The van der Waals surface area contributed by atoms with Gasteiger partial charge in [-0.3, -0.25) is 9.88 Å². The summed E-state index contributed by atoms with van der Waals surface area (Å²) >= 11 is 0. The van der Waals surface area contributed by atoms with Crippen molar-refractivity contribution >= 4 is 0 Å². The first-order valence-corrected chi connectivity index (χ1v) is 5.53. The summed E-state index contributed by atoms with van der Waals surface area (Å²) < 4.78 is 0. The van der Waals surface area contributed by atoms with Gasteiger partial charge in [-0.25, -0.2) is 0 Å². The highest BCUT2D eigenvalue weighted by atomic mass is 15.2. The molecule has 1 saturated heterocycles. The van der Waals surface area contributed by atoms with Gasteiger partial charge in [0.25, 0.3) is 0 Å². The Morgan fingerprint density at radius 3 is 2.75 bits per heavy atom. The van der Waals surface area contributed by atoms with Crippen LogP contribution >= 0.6 is 0 Å². The highest BCUT2D eigenvalue weighted by molar-refractivity contribution is 5.28. The van der Waals surface area contributed by atoms with E-state index in [0.717, 1.165) is 38.3 Å². The van der Waals surface area contributed by atoms with Crippen LogP contribution in [0, 0.1) is 11.3 Å². The van der Waals surface area contributed by atoms with Crippen molar-refractivity contribution < 1.29 is 0 Å². The molecule has 0 bridgehead atoms. The van der Waals surface area contributed by atoms with E-state index in [2.05, 4.69) is 27.9 Å². The molecule has 0 saturated carbocycles. The topological polar surface area (TPSA) is 43.2 Å². The number of piperazine rings is 1. The summed E-state index contributed by atoms with van der Waals surface area (Å²) in [5.74, 6) is 0. The normalized spacial score (nSPS) is 18.2. The van der Waals surface area contributed by atoms with E-state index in [1.165, 1.54) is 0 Å². The van der Waals surface area contributed by atoms with Crippen LogP contribution in [-0.4, -0.2) is 48.0 Å². The summed E-state index contributed by atoms with van der Waals surface area (Å²) in [6.45, 7) is 5.31. The van der Waals surface area contributed by atoms with Gasteiger partial charge in [0.1, 0.15) is 6.07 Å². The second-order valence-electron chi connectivity index (χ2n) is 4.27. The molecule has 1 fully saturated rings. The Kier molecular flexibility index (Phi) is 3.50. The summed E-state index contributed by atoms with van der Waals surface area (Å²) in [4.78, 5) is 8.81. The van der Waals surface area contributed by atoms with Gasteiger partial charge >= 0.3 is 0 Å². The van der Waals surface area contributed by atoms with Crippen LogP contribution in [0.15, 0.2) is 18.5 Å². The van der Waals surface area contributed by atoms with Crippen molar-refractivity contribution in [3.05, 3.63) is 29.6 Å². The molecular formula is C12H16N4. The molecule has 0 aromatic carbocycles. The molecule has 1 aromatic rings. The van der Waals surface area contributed by atoms with Crippen molar-refractivity contribution in [3.8, 4) is 6.07 Å². The van der Waals surface area contributed by atoms with Gasteiger partial charge in [-0.05, 0) is 18.7 Å². The van der Waals surface area contributed by atoms with Gasteiger partial charge in [-0.15, -0.1) is 0 Å². The Balaban J connectivity index is 1.96. The van der Waals surface area contributed by atoms with E-state index in [1.54, 1.807) is 6.20 Å². The number of rotatable bonds is 2. The van der Waals surface area contributed by atoms with E-state index in [-0.39, 0.29) is 0 Å². The Labute approximate surface area is 96.1 Å². The van der Waals surface area contributed by atoms with Gasteiger partial charge in [-0.2, -0.15) is 5.26 Å². The Morgan fingerprint density at radius 1 is 1.31 bits per heavy atom. The third-order valence-electron chi connectivity index (χ3n) is 2.93. The van der Waals surface area contributed by atoms with Gasteiger partial charge in [0.05, 0.1) is 5.56 Å². The SMILES string of the molecule is CN1CCN(Cc2cncc(C#N)c2)CC1. The number of hydrogen-bond acceptors (Lipinski definition) is 4. The lowest BCUT2D eigenvalue weighted by molar-refractivity contribution is 0.148.